The Kier molecular flexibility index (Phi) is 10.9. The van der Waals surface area contributed by atoms with Crippen LogP contribution in [0.2, 0.25) is 13.3 Å². The van der Waals surface area contributed by atoms with Crippen LogP contribution < -0.4 is 0 Å². The third kappa shape index (κ3) is 5.57. The second-order valence-corrected chi connectivity index (χ2v) is 20.6. The van der Waals surface area contributed by atoms with E-state index >= 15 is 0 Å². The molecule has 2 heteroatoms. The van der Waals surface area contributed by atoms with Gasteiger partial charge in [-0.2, -0.15) is 0 Å². The molecule has 0 aliphatic rings. The molecule has 0 saturated heterocycles. The van der Waals surface area contributed by atoms with Gasteiger partial charge in [0.25, 0.3) is 0 Å². The first kappa shape index (κ1) is 19.8. The first-order chi connectivity index (χ1) is 9.05. The van der Waals surface area contributed by atoms with Gasteiger partial charge in [0.2, 0.25) is 0 Å². The minimum atomic E-state index is -2.44. The molecule has 0 aromatic rings. The second-order valence-electron chi connectivity index (χ2n) is 6.33. The van der Waals surface area contributed by atoms with Gasteiger partial charge in [0.05, 0.1) is 0 Å². The quantitative estimate of drug-likeness (QED) is 0.418. The number of rotatable bonds is 12. The summed E-state index contributed by atoms with van der Waals surface area (Å²) < 4.78 is 4.02. The summed E-state index contributed by atoms with van der Waals surface area (Å²) in [7, 11) is 0. The molecular weight excluding hydrogens is 339 g/mol. The molecule has 0 amide bonds. The average Bonchev–Trinajstić information content (AvgIpc) is 2.46. The van der Waals surface area contributed by atoms with Gasteiger partial charge in [0.1, 0.15) is 0 Å². The Morgan fingerprint density at radius 3 is 1.21 bits per heavy atom. The summed E-state index contributed by atoms with van der Waals surface area (Å²) in [6.07, 6.45) is 9.93. The maximum atomic E-state index is 11.3. The van der Waals surface area contributed by atoms with Crippen LogP contribution in [0.15, 0.2) is 0 Å². The van der Waals surface area contributed by atoms with E-state index in [0.717, 1.165) is 12.8 Å². The third-order valence-electron chi connectivity index (χ3n) is 5.18. The zero-order chi connectivity index (χ0) is 14.8. The molecule has 0 aliphatic carbocycles. The van der Waals surface area contributed by atoms with Gasteiger partial charge < -0.3 is 0 Å². The van der Waals surface area contributed by atoms with Gasteiger partial charge in [0, 0.05) is 0 Å². The van der Waals surface area contributed by atoms with E-state index in [9.17, 15) is 5.11 Å². The molecule has 0 atom stereocenters. The molecule has 19 heavy (non-hydrogen) atoms. The third-order valence-corrected chi connectivity index (χ3v) is 24.1. The molecule has 0 rings (SSSR count). The van der Waals surface area contributed by atoms with Crippen molar-refractivity contribution in [2.75, 3.05) is 0 Å². The molecule has 1 nitrogen and oxygen atoms in total. The molecule has 0 unspecified atom stereocenters. The average molecular weight is 377 g/mol. The Hall–Kier alpha value is 0.759. The van der Waals surface area contributed by atoms with E-state index in [4.69, 9.17) is 0 Å². The first-order valence-corrected chi connectivity index (χ1v) is 16.3. The van der Waals surface area contributed by atoms with Gasteiger partial charge in [-0.1, -0.05) is 0 Å². The molecule has 0 aromatic heterocycles. The molecule has 0 bridgehead atoms. The summed E-state index contributed by atoms with van der Waals surface area (Å²) in [6, 6.07) is 0. The van der Waals surface area contributed by atoms with Gasteiger partial charge in [-0.15, -0.1) is 0 Å². The fourth-order valence-corrected chi connectivity index (χ4v) is 22.8. The maximum absolute atomic E-state index is 11.3. The van der Waals surface area contributed by atoms with Crippen molar-refractivity contribution < 1.29 is 5.11 Å². The zero-order valence-electron chi connectivity index (χ0n) is 14.2. The van der Waals surface area contributed by atoms with Crippen molar-refractivity contribution >= 4 is 18.4 Å². The van der Waals surface area contributed by atoms with Crippen LogP contribution in [0.1, 0.15) is 86.0 Å². The van der Waals surface area contributed by atoms with E-state index in [1.165, 1.54) is 51.8 Å². The molecule has 1 N–H and O–H groups in total. The van der Waals surface area contributed by atoms with Crippen molar-refractivity contribution in [1.29, 1.82) is 0 Å². The molecule has 116 valence electrons. The summed E-state index contributed by atoms with van der Waals surface area (Å²) in [4.78, 5) is 0. The number of aliphatic hydroxyl groups is 1. The fourth-order valence-electron chi connectivity index (χ4n) is 3.62. The molecule has 0 aliphatic heterocycles. The van der Waals surface area contributed by atoms with Crippen LogP contribution in [-0.2, 0) is 0 Å². The van der Waals surface area contributed by atoms with Crippen LogP contribution in [-0.4, -0.2) is 27.1 Å². The van der Waals surface area contributed by atoms with E-state index in [1.54, 1.807) is 0 Å². The molecule has 0 heterocycles. The van der Waals surface area contributed by atoms with Crippen molar-refractivity contribution in [3.05, 3.63) is 0 Å². The van der Waals surface area contributed by atoms with E-state index in [0.29, 0.717) is 0 Å². The summed E-state index contributed by atoms with van der Waals surface area (Å²) in [6.45, 7) is 11.3. The molecule has 0 fully saturated rings. The predicted octanol–water partition coefficient (Wildman–Crippen LogP) is 5.93. The van der Waals surface area contributed by atoms with Gasteiger partial charge >= 0.3 is 126 Å². The van der Waals surface area contributed by atoms with Crippen LogP contribution in [0.4, 0.5) is 0 Å². The van der Waals surface area contributed by atoms with E-state index < -0.39 is 18.4 Å². The van der Waals surface area contributed by atoms with Crippen LogP contribution >= 0.6 is 0 Å². The normalized spacial score (nSPS) is 12.9. The Bertz CT molecular complexity index is 190. The topological polar surface area (TPSA) is 20.2 Å². The SMILES string of the molecule is CCC[CH2][Sn]([CH2]CCC)([CH2]CCC)[C](O)(CC)CC. The molecule has 0 spiro atoms. The Morgan fingerprint density at radius 1 is 0.684 bits per heavy atom. The second kappa shape index (κ2) is 10.5. The minimum absolute atomic E-state index is 0.242. The van der Waals surface area contributed by atoms with Gasteiger partial charge in [0.15, 0.2) is 0 Å². The number of hydrogen-bond acceptors (Lipinski definition) is 1. The van der Waals surface area contributed by atoms with Gasteiger partial charge in [-0.05, 0) is 0 Å². The van der Waals surface area contributed by atoms with E-state index in [1.807, 2.05) is 0 Å². The Labute approximate surface area is 126 Å². The summed E-state index contributed by atoms with van der Waals surface area (Å²) >= 11 is -2.44. The summed E-state index contributed by atoms with van der Waals surface area (Å²) in [5.74, 6) is 0. The summed E-state index contributed by atoms with van der Waals surface area (Å²) in [5.41, 5.74) is 0. The monoisotopic (exact) mass is 378 g/mol. The molecule has 0 aromatic carbocycles. The Balaban J connectivity index is 5.17. The van der Waals surface area contributed by atoms with Crippen LogP contribution in [0.25, 0.3) is 0 Å². The number of hydrogen-bond donors (Lipinski definition) is 1. The van der Waals surface area contributed by atoms with Crippen molar-refractivity contribution in [3.63, 3.8) is 0 Å². The molecular formula is C17H38OSn. The van der Waals surface area contributed by atoms with Gasteiger partial charge in [-0.25, -0.2) is 0 Å². The standard InChI is InChI=1S/C5H11O.3C4H9.Sn/c1-3-5(6)4-2;3*1-3-4-2;/h6H,3-4H2,1-2H3;3*1,3-4H2,2H3;. The fraction of sp³-hybridized carbons (Fsp3) is 1.00. The molecule has 0 radical (unpaired) electrons. The van der Waals surface area contributed by atoms with Gasteiger partial charge in [-0.3, -0.25) is 0 Å². The predicted molar refractivity (Wildman–Crippen MR) is 90.4 cm³/mol. The molecule has 0 saturated carbocycles. The zero-order valence-corrected chi connectivity index (χ0v) is 17.1. The first-order valence-electron chi connectivity index (χ1n) is 8.78. The van der Waals surface area contributed by atoms with Crippen molar-refractivity contribution in [1.82, 2.24) is 0 Å². The van der Waals surface area contributed by atoms with E-state index in [-0.39, 0.29) is 3.62 Å². The van der Waals surface area contributed by atoms with Crippen molar-refractivity contribution in [2.24, 2.45) is 0 Å². The Morgan fingerprint density at radius 2 is 1.00 bits per heavy atom. The van der Waals surface area contributed by atoms with Crippen LogP contribution in [0, 0.1) is 0 Å². The van der Waals surface area contributed by atoms with E-state index in [2.05, 4.69) is 34.6 Å². The summed E-state index contributed by atoms with van der Waals surface area (Å²) in [5, 5.41) is 11.3. The van der Waals surface area contributed by atoms with Crippen LogP contribution in [0.5, 0.6) is 0 Å². The number of unbranched alkanes of at least 4 members (excludes halogenated alkanes) is 3. The van der Waals surface area contributed by atoms with Crippen LogP contribution in [0.3, 0.4) is 0 Å². The van der Waals surface area contributed by atoms with Crippen molar-refractivity contribution in [3.8, 4) is 0 Å². The van der Waals surface area contributed by atoms with Crippen molar-refractivity contribution in [2.45, 2.75) is 103 Å².